The minimum atomic E-state index is 0.299. The van der Waals surface area contributed by atoms with Crippen LogP contribution in [-0.2, 0) is 0 Å². The van der Waals surface area contributed by atoms with Gasteiger partial charge >= 0.3 is 0 Å². The molecule has 0 bridgehead atoms. The normalized spacial score (nSPS) is 25.6. The Hall–Kier alpha value is -0.310. The van der Waals surface area contributed by atoms with Crippen LogP contribution in [0.3, 0.4) is 0 Å². The van der Waals surface area contributed by atoms with Crippen molar-refractivity contribution >= 4 is 17.3 Å². The molecule has 0 aliphatic heterocycles. The highest BCUT2D eigenvalue weighted by atomic mass is 32.1. The lowest BCUT2D eigenvalue weighted by molar-refractivity contribution is 0.241. The van der Waals surface area contributed by atoms with Gasteiger partial charge in [0.1, 0.15) is 0 Å². The molecule has 2 nitrogen and oxygen atoms in total. The summed E-state index contributed by atoms with van der Waals surface area (Å²) in [5.74, 6) is 0. The van der Waals surface area contributed by atoms with E-state index in [4.69, 9.17) is 12.2 Å². The zero-order valence-electron chi connectivity index (χ0n) is 8.23. The first-order chi connectivity index (χ1) is 6.18. The summed E-state index contributed by atoms with van der Waals surface area (Å²) in [5, 5.41) is 7.64. The molecular weight excluding hydrogens is 180 g/mol. The molecule has 0 aromatic carbocycles. The van der Waals surface area contributed by atoms with Crippen molar-refractivity contribution in [2.24, 2.45) is 0 Å². The fraction of sp³-hybridized carbons (Fsp3) is 0.900. The van der Waals surface area contributed by atoms with E-state index in [0.29, 0.717) is 11.6 Å². The van der Waals surface area contributed by atoms with Crippen LogP contribution in [0.15, 0.2) is 0 Å². The van der Waals surface area contributed by atoms with Gasteiger partial charge in [0.2, 0.25) is 0 Å². The average molecular weight is 198 g/mol. The van der Waals surface area contributed by atoms with Gasteiger partial charge in [0.25, 0.3) is 0 Å². The van der Waals surface area contributed by atoms with Crippen LogP contribution in [0.2, 0.25) is 0 Å². The molecule has 0 heterocycles. The molecule has 13 heavy (non-hydrogen) atoms. The highest BCUT2D eigenvalue weighted by molar-refractivity contribution is 7.80. The molecule has 3 heteroatoms. The van der Waals surface area contributed by atoms with Crippen LogP contribution < -0.4 is 10.6 Å². The largest absolute Gasteiger partial charge is 0.360 e. The molecule has 0 spiro atoms. The SMILES string of the molecule is CC1(NC(=S)NC2CCC2)CCC1. The quantitative estimate of drug-likeness (QED) is 0.663. The molecule has 2 N–H and O–H groups in total. The predicted molar refractivity (Wildman–Crippen MR) is 58.8 cm³/mol. The summed E-state index contributed by atoms with van der Waals surface area (Å²) < 4.78 is 0. The van der Waals surface area contributed by atoms with Crippen molar-refractivity contribution in [3.8, 4) is 0 Å². The van der Waals surface area contributed by atoms with Crippen molar-refractivity contribution in [2.45, 2.75) is 57.0 Å². The highest BCUT2D eigenvalue weighted by Gasteiger charge is 2.32. The topological polar surface area (TPSA) is 24.1 Å². The molecular formula is C10H18N2S. The van der Waals surface area contributed by atoms with E-state index in [-0.39, 0.29) is 0 Å². The lowest BCUT2D eigenvalue weighted by Gasteiger charge is -2.41. The zero-order chi connectivity index (χ0) is 9.31. The van der Waals surface area contributed by atoms with Crippen LogP contribution in [-0.4, -0.2) is 16.7 Å². The summed E-state index contributed by atoms with van der Waals surface area (Å²) in [7, 11) is 0. The Morgan fingerprint density at radius 3 is 2.38 bits per heavy atom. The van der Waals surface area contributed by atoms with Crippen molar-refractivity contribution < 1.29 is 0 Å². The lowest BCUT2D eigenvalue weighted by atomic mass is 9.79. The summed E-state index contributed by atoms with van der Waals surface area (Å²) >= 11 is 5.26. The van der Waals surface area contributed by atoms with Gasteiger partial charge in [0, 0.05) is 11.6 Å². The Balaban J connectivity index is 1.71. The third-order valence-corrected chi connectivity index (χ3v) is 3.53. The van der Waals surface area contributed by atoms with Crippen LogP contribution in [0.4, 0.5) is 0 Å². The highest BCUT2D eigenvalue weighted by Crippen LogP contribution is 2.30. The number of thiocarbonyl (C=S) groups is 1. The van der Waals surface area contributed by atoms with Crippen LogP contribution in [0, 0.1) is 0 Å². The number of nitrogens with one attached hydrogen (secondary N) is 2. The van der Waals surface area contributed by atoms with Crippen molar-refractivity contribution in [1.29, 1.82) is 0 Å². The minimum absolute atomic E-state index is 0.299. The first-order valence-electron chi connectivity index (χ1n) is 5.27. The van der Waals surface area contributed by atoms with Crippen LogP contribution in [0.25, 0.3) is 0 Å². The molecule has 0 amide bonds. The number of hydrogen-bond acceptors (Lipinski definition) is 1. The fourth-order valence-corrected chi connectivity index (χ4v) is 2.29. The maximum absolute atomic E-state index is 5.26. The molecule has 2 aliphatic rings. The van der Waals surface area contributed by atoms with E-state index in [1.807, 2.05) is 0 Å². The van der Waals surface area contributed by atoms with E-state index in [9.17, 15) is 0 Å². The van der Waals surface area contributed by atoms with E-state index >= 15 is 0 Å². The van der Waals surface area contributed by atoms with Gasteiger partial charge in [-0.05, 0) is 57.7 Å². The first kappa shape index (κ1) is 9.25. The third-order valence-electron chi connectivity index (χ3n) is 3.31. The molecule has 74 valence electrons. The standard InChI is InChI=1S/C10H18N2S/c1-10(6-3-7-10)12-9(13)11-8-4-2-5-8/h8H,2-7H2,1H3,(H2,11,12,13). The van der Waals surface area contributed by atoms with E-state index in [0.717, 1.165) is 5.11 Å². The van der Waals surface area contributed by atoms with E-state index in [2.05, 4.69) is 17.6 Å². The van der Waals surface area contributed by atoms with Gasteiger partial charge in [-0.2, -0.15) is 0 Å². The molecule has 0 aromatic heterocycles. The van der Waals surface area contributed by atoms with Crippen molar-refractivity contribution in [3.05, 3.63) is 0 Å². The fourth-order valence-electron chi connectivity index (χ4n) is 1.88. The number of rotatable bonds is 2. The van der Waals surface area contributed by atoms with Gasteiger partial charge < -0.3 is 10.6 Å². The number of hydrogen-bond donors (Lipinski definition) is 2. The molecule has 0 atom stereocenters. The molecule has 2 rings (SSSR count). The zero-order valence-corrected chi connectivity index (χ0v) is 9.04. The van der Waals surface area contributed by atoms with Gasteiger partial charge in [-0.1, -0.05) is 0 Å². The molecule has 2 saturated carbocycles. The molecule has 2 aliphatic carbocycles. The Labute approximate surface area is 85.5 Å². The minimum Gasteiger partial charge on any atom is -0.360 e. The van der Waals surface area contributed by atoms with E-state index in [1.165, 1.54) is 38.5 Å². The second kappa shape index (κ2) is 3.45. The van der Waals surface area contributed by atoms with Crippen LogP contribution in [0.5, 0.6) is 0 Å². The summed E-state index contributed by atoms with van der Waals surface area (Å²) in [6, 6.07) is 0.656. The summed E-state index contributed by atoms with van der Waals surface area (Å²) in [5.41, 5.74) is 0.299. The van der Waals surface area contributed by atoms with Gasteiger partial charge in [0.05, 0.1) is 0 Å². The Morgan fingerprint density at radius 2 is 2.00 bits per heavy atom. The second-order valence-corrected chi connectivity index (χ2v) is 5.05. The van der Waals surface area contributed by atoms with E-state index < -0.39 is 0 Å². The third kappa shape index (κ3) is 2.13. The Kier molecular flexibility index (Phi) is 2.45. The van der Waals surface area contributed by atoms with Gasteiger partial charge in [-0.25, -0.2) is 0 Å². The Bertz CT molecular complexity index is 207. The maximum atomic E-state index is 5.26. The molecule has 0 unspecified atom stereocenters. The van der Waals surface area contributed by atoms with Crippen LogP contribution in [0.1, 0.15) is 45.4 Å². The van der Waals surface area contributed by atoms with Crippen molar-refractivity contribution in [1.82, 2.24) is 10.6 Å². The van der Waals surface area contributed by atoms with Crippen molar-refractivity contribution in [3.63, 3.8) is 0 Å². The summed E-state index contributed by atoms with van der Waals surface area (Å²) in [4.78, 5) is 0. The Morgan fingerprint density at radius 1 is 1.31 bits per heavy atom. The van der Waals surface area contributed by atoms with E-state index in [1.54, 1.807) is 0 Å². The first-order valence-corrected chi connectivity index (χ1v) is 5.67. The molecule has 2 fully saturated rings. The lowest BCUT2D eigenvalue weighted by Crippen LogP contribution is -2.56. The smallest absolute Gasteiger partial charge is 0.166 e. The predicted octanol–water partition coefficient (Wildman–Crippen LogP) is 1.95. The maximum Gasteiger partial charge on any atom is 0.166 e. The monoisotopic (exact) mass is 198 g/mol. The second-order valence-electron chi connectivity index (χ2n) is 4.64. The summed E-state index contributed by atoms with van der Waals surface area (Å²) in [6.45, 7) is 2.26. The van der Waals surface area contributed by atoms with Crippen molar-refractivity contribution in [2.75, 3.05) is 0 Å². The van der Waals surface area contributed by atoms with Crippen LogP contribution >= 0.6 is 12.2 Å². The molecule has 0 radical (unpaired) electrons. The molecule has 0 saturated heterocycles. The van der Waals surface area contributed by atoms with Gasteiger partial charge in [0.15, 0.2) is 5.11 Å². The molecule has 0 aromatic rings. The summed E-state index contributed by atoms with van der Waals surface area (Å²) in [6.07, 6.45) is 7.81. The average Bonchev–Trinajstić information content (AvgIpc) is 1.94. The van der Waals surface area contributed by atoms with Gasteiger partial charge in [-0.15, -0.1) is 0 Å². The van der Waals surface area contributed by atoms with Gasteiger partial charge in [-0.3, -0.25) is 0 Å².